The van der Waals surface area contributed by atoms with Crippen molar-refractivity contribution in [3.63, 3.8) is 0 Å². The average molecular weight is 239 g/mol. The van der Waals surface area contributed by atoms with Crippen molar-refractivity contribution in [1.82, 2.24) is 9.97 Å². The summed E-state index contributed by atoms with van der Waals surface area (Å²) in [6.07, 6.45) is 3.61. The van der Waals surface area contributed by atoms with Gasteiger partial charge in [-0.1, -0.05) is 13.0 Å². The van der Waals surface area contributed by atoms with Crippen LogP contribution in [0.15, 0.2) is 36.1 Å². The van der Waals surface area contributed by atoms with Gasteiger partial charge in [-0.3, -0.25) is 9.97 Å². The monoisotopic (exact) mass is 238 g/mol. The molecule has 0 saturated carbocycles. The maximum Gasteiger partial charge on any atom is 0.0794 e. The molecule has 2 atom stereocenters. The Kier molecular flexibility index (Phi) is 3.34. The van der Waals surface area contributed by atoms with Gasteiger partial charge >= 0.3 is 0 Å². The smallest absolute Gasteiger partial charge is 0.0794 e. The van der Waals surface area contributed by atoms with Gasteiger partial charge in [0.2, 0.25) is 0 Å². The minimum Gasteiger partial charge on any atom is -0.261 e. The molecule has 0 aliphatic heterocycles. The molecular formula is C11H11ClN2S. The summed E-state index contributed by atoms with van der Waals surface area (Å²) in [5.41, 5.74) is 2.82. The van der Waals surface area contributed by atoms with Crippen molar-refractivity contribution in [3.05, 3.63) is 46.7 Å². The molecule has 2 nitrogen and oxygen atoms in total. The van der Waals surface area contributed by atoms with Gasteiger partial charge in [-0.05, 0) is 12.1 Å². The van der Waals surface area contributed by atoms with Gasteiger partial charge in [0.05, 0.1) is 10.9 Å². The summed E-state index contributed by atoms with van der Waals surface area (Å²) in [7, 11) is 0. The lowest BCUT2D eigenvalue weighted by Gasteiger charge is -2.15. The third kappa shape index (κ3) is 2.36. The highest BCUT2D eigenvalue weighted by Gasteiger charge is 2.20. The van der Waals surface area contributed by atoms with Crippen molar-refractivity contribution in [2.75, 3.05) is 0 Å². The van der Waals surface area contributed by atoms with Gasteiger partial charge in [0.25, 0.3) is 0 Å². The summed E-state index contributed by atoms with van der Waals surface area (Å²) in [5, 5.41) is -0.0487. The second-order valence-electron chi connectivity index (χ2n) is 3.35. The minimum atomic E-state index is -0.0487. The van der Waals surface area contributed by atoms with Gasteiger partial charge in [-0.2, -0.15) is 0 Å². The summed E-state index contributed by atoms with van der Waals surface area (Å²) >= 11 is 7.95. The van der Waals surface area contributed by atoms with E-state index in [1.807, 2.05) is 24.4 Å². The molecule has 0 saturated heterocycles. The Morgan fingerprint density at radius 1 is 1.40 bits per heavy atom. The van der Waals surface area contributed by atoms with Crippen LogP contribution in [0.1, 0.15) is 28.8 Å². The summed E-state index contributed by atoms with van der Waals surface area (Å²) < 4.78 is 0. The Morgan fingerprint density at radius 3 is 2.87 bits per heavy atom. The maximum absolute atomic E-state index is 6.36. The molecular weight excluding hydrogens is 228 g/mol. The van der Waals surface area contributed by atoms with Gasteiger partial charge in [0.15, 0.2) is 0 Å². The third-order valence-corrected chi connectivity index (χ3v) is 3.92. The van der Waals surface area contributed by atoms with Gasteiger partial charge in [0, 0.05) is 28.9 Å². The lowest BCUT2D eigenvalue weighted by Crippen LogP contribution is -2.02. The van der Waals surface area contributed by atoms with E-state index in [4.69, 9.17) is 11.6 Å². The van der Waals surface area contributed by atoms with E-state index >= 15 is 0 Å². The molecule has 2 heterocycles. The number of thiazole rings is 1. The molecule has 2 rings (SSSR count). The topological polar surface area (TPSA) is 25.8 Å². The molecule has 0 N–H and O–H groups in total. The molecule has 0 aliphatic carbocycles. The Morgan fingerprint density at radius 2 is 2.27 bits per heavy atom. The molecule has 2 aromatic rings. The lowest BCUT2D eigenvalue weighted by molar-refractivity contribution is 0.714. The minimum absolute atomic E-state index is 0.0487. The van der Waals surface area contributed by atoms with Crippen LogP contribution in [0.3, 0.4) is 0 Å². The number of hydrogen-bond donors (Lipinski definition) is 0. The predicted octanol–water partition coefficient (Wildman–Crippen LogP) is 3.62. The number of aromatic nitrogens is 2. The fourth-order valence-electron chi connectivity index (χ4n) is 1.40. The molecule has 0 radical (unpaired) electrons. The Hall–Kier alpha value is -0.930. The van der Waals surface area contributed by atoms with Crippen molar-refractivity contribution < 1.29 is 0 Å². The van der Waals surface area contributed by atoms with Gasteiger partial charge in [-0.15, -0.1) is 22.9 Å². The predicted molar refractivity (Wildman–Crippen MR) is 63.4 cm³/mol. The van der Waals surface area contributed by atoms with E-state index in [0.29, 0.717) is 0 Å². The molecule has 2 unspecified atom stereocenters. The molecule has 0 fully saturated rings. The number of pyridine rings is 1. The fraction of sp³-hybridized carbons (Fsp3) is 0.273. The van der Waals surface area contributed by atoms with Crippen molar-refractivity contribution in [2.24, 2.45) is 0 Å². The molecule has 0 spiro atoms. The Labute approximate surface area is 98.0 Å². The van der Waals surface area contributed by atoms with E-state index in [-0.39, 0.29) is 11.3 Å². The number of rotatable bonds is 3. The molecule has 0 aliphatic rings. The normalized spacial score (nSPS) is 14.8. The summed E-state index contributed by atoms with van der Waals surface area (Å²) in [6.45, 7) is 2.08. The average Bonchev–Trinajstić information content (AvgIpc) is 2.82. The first kappa shape index (κ1) is 10.6. The molecule has 0 amide bonds. The van der Waals surface area contributed by atoms with Crippen LogP contribution in [0.2, 0.25) is 0 Å². The molecule has 0 bridgehead atoms. The van der Waals surface area contributed by atoms with Crippen LogP contribution in [-0.2, 0) is 0 Å². The second-order valence-corrected chi connectivity index (χ2v) is 4.74. The Balaban J connectivity index is 2.18. The van der Waals surface area contributed by atoms with Crippen LogP contribution in [0.5, 0.6) is 0 Å². The largest absolute Gasteiger partial charge is 0.261 e. The van der Waals surface area contributed by atoms with E-state index in [2.05, 4.69) is 16.9 Å². The van der Waals surface area contributed by atoms with E-state index < -0.39 is 0 Å². The summed E-state index contributed by atoms with van der Waals surface area (Å²) in [4.78, 5) is 9.43. The highest BCUT2D eigenvalue weighted by atomic mass is 35.5. The van der Waals surface area contributed by atoms with Gasteiger partial charge in [-0.25, -0.2) is 0 Å². The number of alkyl halides is 1. The van der Waals surface area contributed by atoms with Crippen LogP contribution in [0.4, 0.5) is 0 Å². The van der Waals surface area contributed by atoms with E-state index in [9.17, 15) is 0 Å². The van der Waals surface area contributed by atoms with Crippen molar-refractivity contribution in [3.8, 4) is 0 Å². The highest BCUT2D eigenvalue weighted by molar-refractivity contribution is 7.09. The fourth-order valence-corrected chi connectivity index (χ4v) is 2.44. The zero-order valence-corrected chi connectivity index (χ0v) is 9.87. The molecule has 4 heteroatoms. The van der Waals surface area contributed by atoms with Crippen LogP contribution in [0.25, 0.3) is 0 Å². The quantitative estimate of drug-likeness (QED) is 0.764. The van der Waals surface area contributed by atoms with Crippen LogP contribution < -0.4 is 0 Å². The van der Waals surface area contributed by atoms with Crippen molar-refractivity contribution >= 4 is 22.9 Å². The lowest BCUT2D eigenvalue weighted by atomic mass is 10.0. The van der Waals surface area contributed by atoms with E-state index in [1.54, 1.807) is 23.0 Å². The third-order valence-electron chi connectivity index (χ3n) is 2.32. The molecule has 78 valence electrons. The highest BCUT2D eigenvalue weighted by Crippen LogP contribution is 2.36. The summed E-state index contributed by atoms with van der Waals surface area (Å²) in [5.74, 6) is 0.202. The number of hydrogen-bond acceptors (Lipinski definition) is 3. The van der Waals surface area contributed by atoms with Crippen LogP contribution in [0, 0.1) is 0 Å². The first-order valence-corrected chi connectivity index (χ1v) is 6.04. The standard InChI is InChI=1S/C11H11ClN2S/c1-8(9-4-2-3-5-14-9)11(12)10-6-13-7-15-10/h2-8,11H,1H3. The van der Waals surface area contributed by atoms with E-state index in [0.717, 1.165) is 10.6 Å². The molecule has 2 aromatic heterocycles. The zero-order valence-electron chi connectivity index (χ0n) is 8.30. The number of halogens is 1. The van der Waals surface area contributed by atoms with Gasteiger partial charge in [0.1, 0.15) is 0 Å². The maximum atomic E-state index is 6.36. The zero-order chi connectivity index (χ0) is 10.7. The Bertz CT molecular complexity index is 402. The van der Waals surface area contributed by atoms with E-state index in [1.165, 1.54) is 0 Å². The molecule has 0 aromatic carbocycles. The van der Waals surface area contributed by atoms with Crippen LogP contribution >= 0.6 is 22.9 Å². The summed E-state index contributed by atoms with van der Waals surface area (Å²) in [6, 6.07) is 5.89. The number of nitrogens with zero attached hydrogens (tertiary/aromatic N) is 2. The first-order chi connectivity index (χ1) is 7.29. The van der Waals surface area contributed by atoms with Gasteiger partial charge < -0.3 is 0 Å². The van der Waals surface area contributed by atoms with Crippen LogP contribution in [-0.4, -0.2) is 9.97 Å². The van der Waals surface area contributed by atoms with Crippen molar-refractivity contribution in [1.29, 1.82) is 0 Å². The SMILES string of the molecule is CC(c1ccccn1)C(Cl)c1cncs1. The molecule has 15 heavy (non-hydrogen) atoms. The first-order valence-electron chi connectivity index (χ1n) is 4.72. The van der Waals surface area contributed by atoms with Crippen molar-refractivity contribution in [2.45, 2.75) is 18.2 Å². The second kappa shape index (κ2) is 4.73.